The van der Waals surface area contributed by atoms with Crippen LogP contribution >= 0.6 is 12.2 Å². The van der Waals surface area contributed by atoms with Gasteiger partial charge in [-0.2, -0.15) is 0 Å². The molecule has 0 saturated carbocycles. The van der Waals surface area contributed by atoms with Gasteiger partial charge in [0, 0.05) is 26.2 Å². The summed E-state index contributed by atoms with van der Waals surface area (Å²) in [5, 5.41) is 0.385. The van der Waals surface area contributed by atoms with Crippen LogP contribution in [0.25, 0.3) is 0 Å². The fraction of sp³-hybridized carbons (Fsp3) is 0.300. The third-order valence-electron chi connectivity index (χ3n) is 1.73. The predicted molar refractivity (Wildman–Crippen MR) is 59.9 cm³/mol. The third kappa shape index (κ3) is 3.28. The number of thiocarbonyl (C=S) groups is 1. The number of aromatic nitrogens is 1. The van der Waals surface area contributed by atoms with E-state index in [1.165, 1.54) is 11.5 Å². The minimum Gasteiger partial charge on any atom is -0.431 e. The fourth-order valence-electron chi connectivity index (χ4n) is 0.883. The third-order valence-corrected chi connectivity index (χ3v) is 2.18. The average molecular weight is 225 g/mol. The molecule has 0 bridgehead atoms. The van der Waals surface area contributed by atoms with Crippen LogP contribution in [0.1, 0.15) is 11.7 Å². The number of hydrogen-bond donors (Lipinski definition) is 0. The van der Waals surface area contributed by atoms with Gasteiger partial charge in [0.15, 0.2) is 12.4 Å². The maximum absolute atomic E-state index is 11.0. The molecule has 4 nitrogen and oxygen atoms in total. The van der Waals surface area contributed by atoms with Crippen molar-refractivity contribution in [2.75, 3.05) is 14.1 Å². The molecule has 0 aliphatic carbocycles. The van der Waals surface area contributed by atoms with Crippen LogP contribution in [0.3, 0.4) is 0 Å². The number of ether oxygens (including phenoxy) is 1. The summed E-state index contributed by atoms with van der Waals surface area (Å²) in [6.45, 7) is 1.49. The van der Waals surface area contributed by atoms with E-state index < -0.39 is 0 Å². The summed E-state index contributed by atoms with van der Waals surface area (Å²) in [4.78, 5) is 12.7. The van der Waals surface area contributed by atoms with Gasteiger partial charge in [0.2, 0.25) is 0 Å². The number of rotatable bonds is 1. The van der Waals surface area contributed by atoms with Crippen LogP contribution in [0.2, 0.25) is 0 Å². The van der Waals surface area contributed by atoms with E-state index in [4.69, 9.17) is 17.0 Å². The number of nitrogens with zero attached hydrogens (tertiary/aromatic N) is 2. The Kier molecular flexibility index (Phi) is 3.74. The Labute approximate surface area is 94.1 Å². The Morgan fingerprint density at radius 1 is 1.40 bits per heavy atom. The molecule has 1 aromatic heterocycles. The molecule has 0 amide bonds. The first-order valence-corrected chi connectivity index (χ1v) is 4.83. The smallest absolute Gasteiger partial charge is 0.389 e. The van der Waals surface area contributed by atoms with Crippen molar-refractivity contribution in [1.82, 2.24) is 4.90 Å². The zero-order valence-electron chi connectivity index (χ0n) is 8.93. The summed E-state index contributed by atoms with van der Waals surface area (Å²) < 4.78 is 6.81. The molecule has 0 saturated heterocycles. The number of pyridine rings is 1. The second-order valence-electron chi connectivity index (χ2n) is 3.22. The topological polar surface area (TPSA) is 33.4 Å². The second kappa shape index (κ2) is 4.84. The van der Waals surface area contributed by atoms with E-state index in [0.29, 0.717) is 10.9 Å². The zero-order valence-corrected chi connectivity index (χ0v) is 9.75. The number of carbonyl (C=O) groups excluding carboxylic acids is 1. The molecule has 0 aliphatic heterocycles. The normalized spacial score (nSPS) is 9.53. The van der Waals surface area contributed by atoms with Crippen molar-refractivity contribution >= 4 is 23.3 Å². The highest BCUT2D eigenvalue weighted by Gasteiger charge is 2.08. The minimum atomic E-state index is -0.0447. The Morgan fingerprint density at radius 3 is 2.33 bits per heavy atom. The summed E-state index contributed by atoms with van der Waals surface area (Å²) in [5.74, 6) is 0.572. The van der Waals surface area contributed by atoms with Crippen LogP contribution in [0.15, 0.2) is 24.5 Å². The maximum atomic E-state index is 11.0. The summed E-state index contributed by atoms with van der Waals surface area (Å²) in [6.07, 6.45) is 3.27. The monoisotopic (exact) mass is 225 g/mol. The van der Waals surface area contributed by atoms with Gasteiger partial charge in [0.25, 0.3) is 5.17 Å². The molecular weight excluding hydrogens is 212 g/mol. The summed E-state index contributed by atoms with van der Waals surface area (Å²) in [7, 11) is 3.61. The maximum Gasteiger partial charge on any atom is 0.389 e. The van der Waals surface area contributed by atoms with Gasteiger partial charge in [-0.05, 0) is 12.2 Å². The highest BCUT2D eigenvalue weighted by Crippen LogP contribution is 2.07. The van der Waals surface area contributed by atoms with Gasteiger partial charge < -0.3 is 9.64 Å². The van der Waals surface area contributed by atoms with Gasteiger partial charge in [-0.1, -0.05) is 0 Å². The van der Waals surface area contributed by atoms with Crippen molar-refractivity contribution in [3.05, 3.63) is 24.5 Å². The molecule has 1 aromatic rings. The van der Waals surface area contributed by atoms with Crippen molar-refractivity contribution in [1.29, 1.82) is 0 Å². The molecule has 0 aromatic carbocycles. The molecular formula is C10H13N2O2S+. The lowest BCUT2D eigenvalue weighted by molar-refractivity contribution is -0.572. The number of hydrogen-bond acceptors (Lipinski definition) is 3. The van der Waals surface area contributed by atoms with Crippen LogP contribution in [0.4, 0.5) is 0 Å². The lowest BCUT2D eigenvalue weighted by atomic mass is 10.4. The Balaban J connectivity index is 2.73. The van der Waals surface area contributed by atoms with Crippen LogP contribution in [0, 0.1) is 0 Å². The fourth-order valence-corrected chi connectivity index (χ4v) is 0.979. The summed E-state index contributed by atoms with van der Waals surface area (Å²) in [6, 6.07) is 3.38. The minimum absolute atomic E-state index is 0.0447. The van der Waals surface area contributed by atoms with Crippen LogP contribution in [-0.4, -0.2) is 30.1 Å². The van der Waals surface area contributed by atoms with E-state index >= 15 is 0 Å². The van der Waals surface area contributed by atoms with Crippen LogP contribution in [0.5, 0.6) is 5.75 Å². The van der Waals surface area contributed by atoms with Crippen molar-refractivity contribution in [3.63, 3.8) is 0 Å². The molecule has 0 atom stereocenters. The first kappa shape index (κ1) is 11.6. The molecule has 0 aliphatic rings. The first-order chi connectivity index (χ1) is 7.00. The van der Waals surface area contributed by atoms with E-state index in [9.17, 15) is 4.79 Å². The van der Waals surface area contributed by atoms with Crippen molar-refractivity contribution in [3.8, 4) is 5.75 Å². The lowest BCUT2D eigenvalue weighted by Crippen LogP contribution is -2.39. The molecule has 15 heavy (non-hydrogen) atoms. The second-order valence-corrected chi connectivity index (χ2v) is 3.57. The molecule has 1 rings (SSSR count). The molecule has 0 unspecified atom stereocenters. The number of carbonyl (C=O) groups is 1. The van der Waals surface area contributed by atoms with Gasteiger partial charge in [-0.25, -0.2) is 4.79 Å². The SMILES string of the molecule is CC(=O)[n+]1ccc(OC(=S)N(C)C)cc1. The van der Waals surface area contributed by atoms with Crippen LogP contribution in [-0.2, 0) is 0 Å². The Morgan fingerprint density at radius 2 is 1.93 bits per heavy atom. The van der Waals surface area contributed by atoms with Crippen molar-refractivity contribution in [2.24, 2.45) is 0 Å². The van der Waals surface area contributed by atoms with E-state index in [-0.39, 0.29) is 5.91 Å². The first-order valence-electron chi connectivity index (χ1n) is 4.42. The van der Waals surface area contributed by atoms with Crippen molar-refractivity contribution in [2.45, 2.75) is 6.92 Å². The lowest BCUT2D eigenvalue weighted by Gasteiger charge is -2.13. The van der Waals surface area contributed by atoms with Gasteiger partial charge in [0.1, 0.15) is 5.75 Å². The molecule has 0 N–H and O–H groups in total. The molecule has 0 radical (unpaired) electrons. The average Bonchev–Trinajstić information content (AvgIpc) is 2.18. The van der Waals surface area contributed by atoms with Crippen molar-refractivity contribution < 1.29 is 14.1 Å². The largest absolute Gasteiger partial charge is 0.431 e. The van der Waals surface area contributed by atoms with Gasteiger partial charge in [0.05, 0.1) is 6.92 Å². The summed E-state index contributed by atoms with van der Waals surface area (Å²) in [5.41, 5.74) is 0. The quantitative estimate of drug-likeness (QED) is 0.524. The van der Waals surface area contributed by atoms with E-state index in [0.717, 1.165) is 0 Å². The highest BCUT2D eigenvalue weighted by atomic mass is 32.1. The standard InChI is InChI=1S/C10H13N2O2S/c1-8(13)12-6-4-9(5-7-12)14-10(15)11(2)3/h4-7H,1-3H3/q+1. The molecule has 80 valence electrons. The zero-order chi connectivity index (χ0) is 11.4. The summed E-state index contributed by atoms with van der Waals surface area (Å²) >= 11 is 4.97. The van der Waals surface area contributed by atoms with E-state index in [2.05, 4.69) is 0 Å². The molecule has 1 heterocycles. The van der Waals surface area contributed by atoms with Gasteiger partial charge >= 0.3 is 5.91 Å². The highest BCUT2D eigenvalue weighted by molar-refractivity contribution is 7.80. The Bertz CT molecular complexity index is 374. The predicted octanol–water partition coefficient (Wildman–Crippen LogP) is 0.860. The van der Waals surface area contributed by atoms with Crippen LogP contribution < -0.4 is 9.30 Å². The van der Waals surface area contributed by atoms with Gasteiger partial charge in [-0.15, -0.1) is 4.57 Å². The Hall–Kier alpha value is -1.49. The molecule has 0 spiro atoms. The molecule has 0 fully saturated rings. The molecule has 5 heteroatoms. The van der Waals surface area contributed by atoms with Gasteiger partial charge in [-0.3, -0.25) is 0 Å². The van der Waals surface area contributed by atoms with E-state index in [1.807, 2.05) is 0 Å². The van der Waals surface area contributed by atoms with E-state index in [1.54, 1.807) is 43.5 Å².